The van der Waals surface area contributed by atoms with Crippen LogP contribution in [-0.2, 0) is 16.9 Å². The Balaban J connectivity index is 1.40. The van der Waals surface area contributed by atoms with Gasteiger partial charge >= 0.3 is 0 Å². The Morgan fingerprint density at radius 3 is 2.62 bits per heavy atom. The first-order valence-corrected chi connectivity index (χ1v) is 12.6. The van der Waals surface area contributed by atoms with E-state index < -0.39 is 14.6 Å². The van der Waals surface area contributed by atoms with Crippen molar-refractivity contribution < 1.29 is 13.2 Å². The van der Waals surface area contributed by atoms with Gasteiger partial charge in [-0.3, -0.25) is 9.89 Å². The van der Waals surface area contributed by atoms with Gasteiger partial charge < -0.3 is 9.64 Å². The molecule has 2 aliphatic heterocycles. The molecule has 6 rings (SSSR count). The summed E-state index contributed by atoms with van der Waals surface area (Å²) < 4.78 is 31.4. The molecule has 1 unspecified atom stereocenters. The molecule has 0 bridgehead atoms. The zero-order chi connectivity index (χ0) is 22.3. The van der Waals surface area contributed by atoms with Crippen molar-refractivity contribution in [2.24, 2.45) is 7.05 Å². The molecule has 10 heteroatoms. The van der Waals surface area contributed by atoms with Gasteiger partial charge in [0.05, 0.1) is 16.0 Å². The van der Waals surface area contributed by atoms with E-state index in [1.807, 2.05) is 23.1 Å². The van der Waals surface area contributed by atoms with Gasteiger partial charge in [0.1, 0.15) is 28.4 Å². The van der Waals surface area contributed by atoms with Crippen molar-refractivity contribution in [1.82, 2.24) is 20.0 Å². The summed E-state index contributed by atoms with van der Waals surface area (Å²) in [7, 11) is -1.47. The molecule has 168 valence electrons. The number of anilines is 1. The van der Waals surface area contributed by atoms with Gasteiger partial charge in [0.2, 0.25) is 0 Å². The van der Waals surface area contributed by atoms with Crippen LogP contribution in [0.25, 0.3) is 22.3 Å². The summed E-state index contributed by atoms with van der Waals surface area (Å²) >= 11 is 0. The largest absolute Gasteiger partial charge is 0.488 e. The lowest BCUT2D eigenvalue weighted by molar-refractivity contribution is 0.200. The highest BCUT2D eigenvalue weighted by Gasteiger charge is 2.56. The smallest absolute Gasteiger partial charge is 0.290 e. The summed E-state index contributed by atoms with van der Waals surface area (Å²) in [6, 6.07) is 7.55. The zero-order valence-electron chi connectivity index (χ0n) is 18.1. The predicted molar refractivity (Wildman–Crippen MR) is 121 cm³/mol. The number of hydrogen-bond acceptors (Lipinski definition) is 7. The first-order valence-electron chi connectivity index (χ1n) is 10.9. The lowest BCUT2D eigenvalue weighted by Gasteiger charge is -2.37. The van der Waals surface area contributed by atoms with Crippen molar-refractivity contribution in [3.63, 3.8) is 0 Å². The molecule has 1 saturated carbocycles. The van der Waals surface area contributed by atoms with Crippen LogP contribution in [0.3, 0.4) is 0 Å². The Labute approximate surface area is 185 Å². The maximum absolute atomic E-state index is 12.9. The molecule has 1 aromatic carbocycles. The third-order valence-electron chi connectivity index (χ3n) is 7.28. The van der Waals surface area contributed by atoms with Crippen LogP contribution in [0.2, 0.25) is 0 Å². The topological polar surface area (TPSA) is 110 Å². The molecule has 1 aliphatic carbocycles. The zero-order valence-corrected chi connectivity index (χ0v) is 18.9. The summed E-state index contributed by atoms with van der Waals surface area (Å²) in [5.74, 6) is 1.02. The summed E-state index contributed by atoms with van der Waals surface area (Å²) in [5.41, 5.74) is 2.17. The number of H-pyrrole nitrogens is 1. The van der Waals surface area contributed by atoms with Crippen LogP contribution in [0, 0.1) is 0 Å². The Hall–Kier alpha value is -2.88. The summed E-state index contributed by atoms with van der Waals surface area (Å²) in [5, 5.41) is 12.8. The number of aryl methyl sites for hydroxylation is 1. The highest BCUT2D eigenvalue weighted by molar-refractivity contribution is 7.94. The van der Waals surface area contributed by atoms with Gasteiger partial charge in [-0.1, -0.05) is 0 Å². The van der Waals surface area contributed by atoms with Gasteiger partial charge in [-0.15, -0.1) is 0 Å². The van der Waals surface area contributed by atoms with Gasteiger partial charge in [0.25, 0.3) is 5.56 Å². The Kier molecular flexibility index (Phi) is 3.92. The van der Waals surface area contributed by atoms with Crippen molar-refractivity contribution >= 4 is 26.4 Å². The van der Waals surface area contributed by atoms with E-state index in [1.54, 1.807) is 13.1 Å². The second-order valence-electron chi connectivity index (χ2n) is 9.60. The van der Waals surface area contributed by atoms with Crippen LogP contribution in [-0.4, -0.2) is 57.6 Å². The minimum Gasteiger partial charge on any atom is -0.488 e. The fourth-order valence-corrected chi connectivity index (χ4v) is 6.68. The molecule has 1 N–H and O–H groups in total. The van der Waals surface area contributed by atoms with Gasteiger partial charge in [0.15, 0.2) is 9.84 Å². The molecular weight excluding hydrogens is 430 g/mol. The van der Waals surface area contributed by atoms with Gasteiger partial charge in [-0.05, 0) is 56.9 Å². The maximum Gasteiger partial charge on any atom is 0.290 e. The average molecular weight is 456 g/mol. The molecule has 0 radical (unpaired) electrons. The predicted octanol–water partition coefficient (Wildman–Crippen LogP) is 2.02. The van der Waals surface area contributed by atoms with E-state index in [0.29, 0.717) is 43.0 Å². The second kappa shape index (κ2) is 6.34. The van der Waals surface area contributed by atoms with E-state index in [4.69, 9.17) is 4.74 Å². The Morgan fingerprint density at radius 2 is 1.97 bits per heavy atom. The number of rotatable bonds is 4. The van der Waals surface area contributed by atoms with E-state index in [2.05, 4.69) is 22.2 Å². The van der Waals surface area contributed by atoms with Gasteiger partial charge in [-0.25, -0.2) is 13.1 Å². The summed E-state index contributed by atoms with van der Waals surface area (Å²) in [4.78, 5) is 14.8. The number of benzene rings is 1. The molecule has 32 heavy (non-hydrogen) atoms. The first kappa shape index (κ1) is 19.8. The monoisotopic (exact) mass is 455 g/mol. The SMILES string of the molecule is Cn1nc(-c2n[nH]c3ccc(OC4(C)CC4)cc23)cc(N2CCC3(CCS3(=O)=O)C2)c1=O. The minimum atomic E-state index is -3.08. The Bertz CT molecular complexity index is 1420. The van der Waals surface area contributed by atoms with Crippen LogP contribution >= 0.6 is 0 Å². The third-order valence-corrected chi connectivity index (χ3v) is 9.88. The molecule has 2 aromatic heterocycles. The van der Waals surface area contributed by atoms with Crippen LogP contribution in [0.15, 0.2) is 29.1 Å². The van der Waals surface area contributed by atoms with Crippen LogP contribution < -0.4 is 15.2 Å². The van der Waals surface area contributed by atoms with E-state index in [-0.39, 0.29) is 16.9 Å². The molecule has 4 heterocycles. The summed E-state index contributed by atoms with van der Waals surface area (Å²) in [6.45, 7) is 2.99. The van der Waals surface area contributed by atoms with Gasteiger partial charge in [0, 0.05) is 25.5 Å². The number of ether oxygens (including phenoxy) is 1. The normalized spacial score (nSPS) is 25.2. The van der Waals surface area contributed by atoms with Crippen molar-refractivity contribution in [3.05, 3.63) is 34.6 Å². The second-order valence-corrected chi connectivity index (χ2v) is 12.1. The van der Waals surface area contributed by atoms with Crippen molar-refractivity contribution in [2.75, 3.05) is 23.7 Å². The highest BCUT2D eigenvalue weighted by atomic mass is 32.2. The molecule has 1 atom stereocenters. The van der Waals surface area contributed by atoms with Crippen LogP contribution in [0.5, 0.6) is 5.75 Å². The molecule has 1 spiro atoms. The van der Waals surface area contributed by atoms with Crippen molar-refractivity contribution in [1.29, 1.82) is 0 Å². The number of nitrogens with zero attached hydrogens (tertiary/aromatic N) is 4. The quantitative estimate of drug-likeness (QED) is 0.641. The average Bonchev–Trinajstić information content (AvgIpc) is 3.17. The fraction of sp³-hybridized carbons (Fsp3) is 0.500. The van der Waals surface area contributed by atoms with Crippen LogP contribution in [0.1, 0.15) is 32.6 Å². The van der Waals surface area contributed by atoms with E-state index in [1.165, 1.54) is 4.68 Å². The first-order chi connectivity index (χ1) is 15.2. The van der Waals surface area contributed by atoms with E-state index in [9.17, 15) is 13.2 Å². The molecule has 3 aromatic rings. The minimum absolute atomic E-state index is 0.0901. The maximum atomic E-state index is 12.9. The van der Waals surface area contributed by atoms with Crippen LogP contribution in [0.4, 0.5) is 5.69 Å². The van der Waals surface area contributed by atoms with E-state index in [0.717, 1.165) is 29.5 Å². The number of hydrogen-bond donors (Lipinski definition) is 1. The molecule has 3 aliphatic rings. The molecule has 0 amide bonds. The summed E-state index contributed by atoms with van der Waals surface area (Å²) in [6.07, 6.45) is 3.31. The Morgan fingerprint density at radius 1 is 1.16 bits per heavy atom. The van der Waals surface area contributed by atoms with Crippen molar-refractivity contribution in [2.45, 2.75) is 43.0 Å². The lowest BCUT2D eigenvalue weighted by atomic mass is 10.0. The highest BCUT2D eigenvalue weighted by Crippen LogP contribution is 2.43. The molecule has 9 nitrogen and oxygen atoms in total. The fourth-order valence-electron chi connectivity index (χ4n) is 4.82. The standard InChI is InChI=1S/C22H25N5O4S/c1-21(5-6-21)31-14-3-4-16-15(11-14)19(24-23-16)17-12-18(20(28)26(2)25-17)27-9-7-22(13-27)8-10-32(22,29)30/h3-4,11-12H,5-10,13H2,1-2H3,(H,23,24). The number of fused-ring (bicyclic) bond motifs is 1. The third kappa shape index (κ3) is 2.88. The van der Waals surface area contributed by atoms with Crippen molar-refractivity contribution in [3.8, 4) is 17.1 Å². The number of aromatic amines is 1. The number of aromatic nitrogens is 4. The molecular formula is C22H25N5O4S. The molecule has 3 fully saturated rings. The van der Waals surface area contributed by atoms with E-state index >= 15 is 0 Å². The van der Waals surface area contributed by atoms with Gasteiger partial charge in [-0.2, -0.15) is 10.2 Å². The number of sulfone groups is 1. The lowest BCUT2D eigenvalue weighted by Crippen LogP contribution is -2.53. The number of nitrogens with one attached hydrogen (secondary N) is 1. The molecule has 2 saturated heterocycles.